The van der Waals surface area contributed by atoms with Crippen LogP contribution in [0.1, 0.15) is 11.3 Å². The largest absolute Gasteiger partial charge is 0.461 e. The highest BCUT2D eigenvalue weighted by Crippen LogP contribution is 2.18. The van der Waals surface area contributed by atoms with Gasteiger partial charge in [0.2, 0.25) is 0 Å². The molecule has 0 saturated heterocycles. The summed E-state index contributed by atoms with van der Waals surface area (Å²) in [6.07, 6.45) is 0. The topological polar surface area (TPSA) is 30.2 Å². The van der Waals surface area contributed by atoms with Gasteiger partial charge >= 0.3 is 0 Å². The number of hydrogen-bond donors (Lipinski definition) is 0. The Balaban J connectivity index is 3.02. The molecule has 0 aliphatic rings. The van der Waals surface area contributed by atoms with E-state index in [0.717, 1.165) is 0 Å². The molecule has 0 bridgehead atoms. The van der Waals surface area contributed by atoms with Crippen molar-refractivity contribution >= 4 is 11.0 Å². The van der Waals surface area contributed by atoms with E-state index in [1.54, 1.807) is 13.8 Å². The predicted octanol–water partition coefficient (Wildman–Crippen LogP) is 2.55. The average molecular weight is 192 g/mol. The van der Waals surface area contributed by atoms with E-state index in [0.29, 0.717) is 22.3 Å². The van der Waals surface area contributed by atoms with Gasteiger partial charge in [-0.3, -0.25) is 4.79 Å². The van der Waals surface area contributed by atoms with Crippen LogP contribution in [0.4, 0.5) is 4.39 Å². The van der Waals surface area contributed by atoms with Crippen molar-refractivity contribution < 1.29 is 8.81 Å². The number of hydrogen-bond acceptors (Lipinski definition) is 2. The van der Waals surface area contributed by atoms with Crippen LogP contribution in [0.2, 0.25) is 0 Å². The highest BCUT2D eigenvalue weighted by atomic mass is 19.1. The Hall–Kier alpha value is -1.64. The monoisotopic (exact) mass is 192 g/mol. The van der Waals surface area contributed by atoms with Crippen molar-refractivity contribution in [3.05, 3.63) is 45.6 Å². The van der Waals surface area contributed by atoms with Gasteiger partial charge < -0.3 is 4.42 Å². The molecule has 0 fully saturated rings. The van der Waals surface area contributed by atoms with Crippen molar-refractivity contribution in [2.75, 3.05) is 0 Å². The molecule has 2 rings (SSSR count). The molecule has 0 spiro atoms. The zero-order chi connectivity index (χ0) is 10.3. The molecule has 1 heterocycles. The molecule has 1 aromatic heterocycles. The standard InChI is InChI=1S/C11H9FO2/c1-6-3-8(12)5-9-10(13)4-7(2)14-11(6)9/h3-5H,1-2H3. The number of halogens is 1. The SMILES string of the molecule is Cc1cc(=O)c2cc(F)cc(C)c2o1. The summed E-state index contributed by atoms with van der Waals surface area (Å²) in [5.74, 6) is 0.128. The third-order valence-electron chi connectivity index (χ3n) is 2.10. The second-order valence-electron chi connectivity index (χ2n) is 3.32. The van der Waals surface area contributed by atoms with Gasteiger partial charge in [-0.1, -0.05) is 0 Å². The smallest absolute Gasteiger partial charge is 0.193 e. The first-order valence-electron chi connectivity index (χ1n) is 4.28. The minimum atomic E-state index is -0.411. The minimum Gasteiger partial charge on any atom is -0.461 e. The van der Waals surface area contributed by atoms with Crippen molar-refractivity contribution in [2.24, 2.45) is 0 Å². The van der Waals surface area contributed by atoms with Crippen molar-refractivity contribution in [3.63, 3.8) is 0 Å². The third kappa shape index (κ3) is 1.31. The van der Waals surface area contributed by atoms with Crippen LogP contribution in [-0.2, 0) is 0 Å². The zero-order valence-corrected chi connectivity index (χ0v) is 7.93. The molecule has 14 heavy (non-hydrogen) atoms. The molecule has 3 heteroatoms. The summed E-state index contributed by atoms with van der Waals surface area (Å²) in [7, 11) is 0. The van der Waals surface area contributed by atoms with Crippen LogP contribution >= 0.6 is 0 Å². The molecule has 0 atom stereocenters. The fourth-order valence-corrected chi connectivity index (χ4v) is 1.50. The molecule has 0 N–H and O–H groups in total. The highest BCUT2D eigenvalue weighted by Gasteiger charge is 2.06. The second-order valence-corrected chi connectivity index (χ2v) is 3.32. The van der Waals surface area contributed by atoms with E-state index in [1.165, 1.54) is 18.2 Å². The molecule has 0 amide bonds. The van der Waals surface area contributed by atoms with Crippen LogP contribution < -0.4 is 5.43 Å². The van der Waals surface area contributed by atoms with E-state index < -0.39 is 5.82 Å². The summed E-state index contributed by atoms with van der Waals surface area (Å²) in [6.45, 7) is 3.41. The van der Waals surface area contributed by atoms with Gasteiger partial charge in [-0.15, -0.1) is 0 Å². The number of aryl methyl sites for hydroxylation is 2. The summed E-state index contributed by atoms with van der Waals surface area (Å²) in [5, 5.41) is 0.299. The molecule has 2 nitrogen and oxygen atoms in total. The Labute approximate surface area is 80.0 Å². The van der Waals surface area contributed by atoms with Crippen LogP contribution in [0, 0.1) is 19.7 Å². The lowest BCUT2D eigenvalue weighted by atomic mass is 10.1. The van der Waals surface area contributed by atoms with Crippen molar-refractivity contribution in [3.8, 4) is 0 Å². The number of rotatable bonds is 0. The minimum absolute atomic E-state index is 0.202. The lowest BCUT2D eigenvalue weighted by Gasteiger charge is -2.01. The van der Waals surface area contributed by atoms with E-state index in [4.69, 9.17) is 4.42 Å². The lowest BCUT2D eigenvalue weighted by Crippen LogP contribution is -2.01. The Morgan fingerprint density at radius 3 is 2.64 bits per heavy atom. The molecule has 0 radical (unpaired) electrons. The first-order valence-corrected chi connectivity index (χ1v) is 4.28. The quantitative estimate of drug-likeness (QED) is 0.642. The maximum absolute atomic E-state index is 13.0. The molecule has 2 aromatic rings. The van der Waals surface area contributed by atoms with Crippen LogP contribution in [0.15, 0.2) is 27.4 Å². The lowest BCUT2D eigenvalue weighted by molar-refractivity contribution is 0.559. The summed E-state index contributed by atoms with van der Waals surface area (Å²) < 4.78 is 18.4. The summed E-state index contributed by atoms with van der Waals surface area (Å²) in [4.78, 5) is 11.5. The van der Waals surface area contributed by atoms with E-state index in [1.807, 2.05) is 0 Å². The fraction of sp³-hybridized carbons (Fsp3) is 0.182. The molecule has 0 aliphatic carbocycles. The van der Waals surface area contributed by atoms with Gasteiger partial charge in [0.05, 0.1) is 5.39 Å². The van der Waals surface area contributed by atoms with Crippen molar-refractivity contribution in [1.82, 2.24) is 0 Å². The first kappa shape index (κ1) is 8.94. The average Bonchev–Trinajstić information content (AvgIpc) is 2.07. The molecule has 0 unspecified atom stereocenters. The second kappa shape index (κ2) is 2.94. The van der Waals surface area contributed by atoms with E-state index in [-0.39, 0.29) is 5.43 Å². The normalized spacial score (nSPS) is 10.8. The van der Waals surface area contributed by atoms with E-state index >= 15 is 0 Å². The molecule has 72 valence electrons. The Kier molecular flexibility index (Phi) is 1.88. The van der Waals surface area contributed by atoms with Gasteiger partial charge in [0, 0.05) is 6.07 Å². The van der Waals surface area contributed by atoms with Crippen molar-refractivity contribution in [1.29, 1.82) is 0 Å². The molecule has 0 saturated carbocycles. The fourth-order valence-electron chi connectivity index (χ4n) is 1.50. The summed E-state index contributed by atoms with van der Waals surface area (Å²) in [6, 6.07) is 3.92. The maximum atomic E-state index is 13.0. The summed E-state index contributed by atoms with van der Waals surface area (Å²) >= 11 is 0. The Morgan fingerprint density at radius 1 is 1.21 bits per heavy atom. The highest BCUT2D eigenvalue weighted by molar-refractivity contribution is 5.79. The number of benzene rings is 1. The summed E-state index contributed by atoms with van der Waals surface area (Å²) in [5.41, 5.74) is 0.906. The van der Waals surface area contributed by atoms with Gasteiger partial charge in [-0.05, 0) is 31.5 Å². The third-order valence-corrected chi connectivity index (χ3v) is 2.10. The first-order chi connectivity index (χ1) is 6.58. The molecule has 0 aliphatic heterocycles. The van der Waals surface area contributed by atoms with Gasteiger partial charge in [-0.2, -0.15) is 0 Å². The van der Waals surface area contributed by atoms with Crippen LogP contribution in [0.3, 0.4) is 0 Å². The van der Waals surface area contributed by atoms with Gasteiger partial charge in [0.1, 0.15) is 17.2 Å². The molecular weight excluding hydrogens is 183 g/mol. The van der Waals surface area contributed by atoms with Crippen LogP contribution in [0.5, 0.6) is 0 Å². The van der Waals surface area contributed by atoms with Gasteiger partial charge in [-0.25, -0.2) is 4.39 Å². The van der Waals surface area contributed by atoms with Crippen LogP contribution in [0.25, 0.3) is 11.0 Å². The predicted molar refractivity (Wildman–Crippen MR) is 51.9 cm³/mol. The van der Waals surface area contributed by atoms with Crippen molar-refractivity contribution in [2.45, 2.75) is 13.8 Å². The Bertz CT molecular complexity index is 555. The van der Waals surface area contributed by atoms with E-state index in [2.05, 4.69) is 0 Å². The van der Waals surface area contributed by atoms with Gasteiger partial charge in [0.15, 0.2) is 5.43 Å². The van der Waals surface area contributed by atoms with Crippen LogP contribution in [-0.4, -0.2) is 0 Å². The van der Waals surface area contributed by atoms with E-state index in [9.17, 15) is 9.18 Å². The maximum Gasteiger partial charge on any atom is 0.193 e. The zero-order valence-electron chi connectivity index (χ0n) is 7.93. The Morgan fingerprint density at radius 2 is 1.93 bits per heavy atom. The molecule has 1 aromatic carbocycles. The number of fused-ring (bicyclic) bond motifs is 1. The van der Waals surface area contributed by atoms with Gasteiger partial charge in [0.25, 0.3) is 0 Å². The molecular formula is C11H9FO2.